The van der Waals surface area contributed by atoms with Crippen LogP contribution in [0, 0.1) is 5.92 Å². The molecule has 3 fully saturated rings. The predicted molar refractivity (Wildman–Crippen MR) is 197 cm³/mol. The highest BCUT2D eigenvalue weighted by Crippen LogP contribution is 2.50. The molecule has 282 valence electrons. The van der Waals surface area contributed by atoms with Crippen LogP contribution in [-0.2, 0) is 28.5 Å². The maximum Gasteiger partial charge on any atom is 0.316 e. The van der Waals surface area contributed by atoms with Crippen molar-refractivity contribution in [1.82, 2.24) is 10.2 Å². The average Bonchev–Trinajstić information content (AvgIpc) is 3.40. The molecular weight excluding hydrogens is 630 g/mol. The van der Waals surface area contributed by atoms with Crippen molar-refractivity contribution in [2.45, 2.75) is 197 Å². The summed E-state index contributed by atoms with van der Waals surface area (Å²) in [6.07, 6.45) is 30.6. The fourth-order valence-electron chi connectivity index (χ4n) is 9.08. The quantitative estimate of drug-likeness (QED) is 0.0767. The molecule has 3 saturated heterocycles. The molecule has 50 heavy (non-hydrogen) atoms. The monoisotopic (exact) mass is 698 g/mol. The zero-order chi connectivity index (χ0) is 35.2. The van der Waals surface area contributed by atoms with Crippen molar-refractivity contribution in [2.75, 3.05) is 13.2 Å². The summed E-state index contributed by atoms with van der Waals surface area (Å²) in [7, 11) is 0. The van der Waals surface area contributed by atoms with Crippen molar-refractivity contribution >= 4 is 17.9 Å². The van der Waals surface area contributed by atoms with Gasteiger partial charge in [0.05, 0.1) is 24.9 Å². The fourth-order valence-corrected chi connectivity index (χ4v) is 9.08. The Morgan fingerprint density at radius 3 is 2.34 bits per heavy atom. The van der Waals surface area contributed by atoms with E-state index >= 15 is 0 Å². The Hall–Kier alpha value is -2.39. The highest BCUT2D eigenvalue weighted by atomic mass is 16.6. The van der Waals surface area contributed by atoms with Gasteiger partial charge < -0.3 is 29.2 Å². The molecule has 0 bridgehead atoms. The lowest BCUT2D eigenvalue weighted by Crippen LogP contribution is -2.71. The molecule has 1 N–H and O–H groups in total. The topological polar surface area (TPSA) is 98.7 Å². The summed E-state index contributed by atoms with van der Waals surface area (Å²) in [4.78, 5) is 33.2. The van der Waals surface area contributed by atoms with E-state index in [9.17, 15) is 9.59 Å². The number of carbonyl (C=O) groups is 2. The van der Waals surface area contributed by atoms with Crippen LogP contribution in [0.5, 0.6) is 0 Å². The van der Waals surface area contributed by atoms with Crippen molar-refractivity contribution in [3.8, 4) is 0 Å². The number of nitrogens with one attached hydrogen (secondary N) is 1. The maximum absolute atomic E-state index is 14.0. The second-order valence-corrected chi connectivity index (χ2v) is 15.6. The van der Waals surface area contributed by atoms with Crippen LogP contribution < -0.4 is 5.32 Å². The van der Waals surface area contributed by atoms with E-state index in [1.807, 2.05) is 0 Å². The Labute approximate surface area is 302 Å². The van der Waals surface area contributed by atoms with Crippen LogP contribution in [0.4, 0.5) is 0 Å². The Balaban J connectivity index is 1.00. The molecule has 5 heterocycles. The zero-order valence-electron chi connectivity index (χ0n) is 31.3. The van der Waals surface area contributed by atoms with Gasteiger partial charge in [0.25, 0.3) is 0 Å². The molecule has 5 aliphatic heterocycles. The number of ether oxygens (including phenoxy) is 4. The second kappa shape index (κ2) is 19.4. The lowest BCUT2D eigenvalue weighted by Gasteiger charge is -2.55. The van der Waals surface area contributed by atoms with Gasteiger partial charge in [0, 0.05) is 18.9 Å². The van der Waals surface area contributed by atoms with Crippen molar-refractivity contribution in [3.05, 3.63) is 24.8 Å². The van der Waals surface area contributed by atoms with E-state index < -0.39 is 17.4 Å². The minimum Gasteiger partial charge on any atom is -0.465 e. The number of rotatable bonds is 20. The molecule has 0 radical (unpaired) electrons. The summed E-state index contributed by atoms with van der Waals surface area (Å²) in [6.45, 7) is 8.65. The smallest absolute Gasteiger partial charge is 0.316 e. The number of unbranched alkanes of at least 4 members (excludes halogenated alkanes) is 12. The van der Waals surface area contributed by atoms with Crippen molar-refractivity contribution in [3.63, 3.8) is 0 Å². The van der Waals surface area contributed by atoms with Crippen LogP contribution in [0.25, 0.3) is 0 Å². The molecule has 0 aromatic heterocycles. The van der Waals surface area contributed by atoms with Crippen LogP contribution in [0.1, 0.15) is 162 Å². The average molecular weight is 698 g/mol. The fraction of sp³-hybridized carbons (Fsp3) is 0.829. The van der Waals surface area contributed by atoms with Gasteiger partial charge in [0.15, 0.2) is 11.7 Å². The first kappa shape index (κ1) is 38.8. The summed E-state index contributed by atoms with van der Waals surface area (Å²) in [5.41, 5.74) is -1.31. The van der Waals surface area contributed by atoms with Crippen LogP contribution in [-0.4, -0.2) is 71.8 Å². The molecule has 0 aromatic carbocycles. The van der Waals surface area contributed by atoms with E-state index in [1.54, 1.807) is 6.08 Å². The Kier molecular flexibility index (Phi) is 15.1. The molecule has 0 amide bonds. The number of hydrogen-bond donors (Lipinski definition) is 1. The summed E-state index contributed by atoms with van der Waals surface area (Å²) in [5.74, 6) is 0.232. The Morgan fingerprint density at radius 2 is 1.66 bits per heavy atom. The molecule has 5 aliphatic rings. The third kappa shape index (κ3) is 10.4. The van der Waals surface area contributed by atoms with E-state index in [0.29, 0.717) is 25.7 Å². The van der Waals surface area contributed by atoms with Gasteiger partial charge in [-0.25, -0.2) is 4.99 Å². The summed E-state index contributed by atoms with van der Waals surface area (Å²) in [5, 5.41) is 3.80. The lowest BCUT2D eigenvalue weighted by atomic mass is 9.80. The van der Waals surface area contributed by atoms with Gasteiger partial charge in [-0.2, -0.15) is 0 Å². The minimum absolute atomic E-state index is 0.0409. The Morgan fingerprint density at radius 1 is 0.960 bits per heavy atom. The summed E-state index contributed by atoms with van der Waals surface area (Å²) >= 11 is 0. The molecule has 0 unspecified atom stereocenters. The normalized spacial score (nSPS) is 31.5. The number of esters is 2. The van der Waals surface area contributed by atoms with Gasteiger partial charge in [-0.3, -0.25) is 9.59 Å². The molecule has 0 aliphatic carbocycles. The van der Waals surface area contributed by atoms with E-state index in [2.05, 4.69) is 42.8 Å². The largest absolute Gasteiger partial charge is 0.465 e. The van der Waals surface area contributed by atoms with E-state index in [-0.39, 0.29) is 30.2 Å². The van der Waals surface area contributed by atoms with Gasteiger partial charge >= 0.3 is 11.9 Å². The van der Waals surface area contributed by atoms with Crippen molar-refractivity contribution in [1.29, 1.82) is 0 Å². The first-order valence-corrected chi connectivity index (χ1v) is 20.5. The van der Waals surface area contributed by atoms with E-state index in [0.717, 1.165) is 89.4 Å². The molecule has 2 spiro atoms. The number of aliphatic imine (C=N–C) groups is 1. The van der Waals surface area contributed by atoms with Crippen LogP contribution in [0.2, 0.25) is 0 Å². The SMILES string of the molecule is C=CCOC(=O)CCCCCCCCCCCCCCCOC(=O)[C@@H]1[C@H]2CC[C@H]3C[C@@]4(CCC=C[C@H](CC)O4)NC(=N[C@@]14CCC[C@@H](C)O4)N32. The summed E-state index contributed by atoms with van der Waals surface area (Å²) < 4.78 is 24.6. The maximum atomic E-state index is 14.0. The number of carbonyl (C=O) groups excluding carboxylic acids is 2. The molecular formula is C41H67N3O6. The standard InChI is InChI=1S/C41H67N3O6/c1-4-29-47-36(45)24-17-15-13-11-9-7-6-8-10-12-14-16-20-30-48-38(46)37-35-26-25-33-31-40(27-19-18-23-34(5-2)50-40)42-39(44(33)35)43-41(37)28-21-22-32(3)49-41/h4,18,23,32-35,37H,1,5-17,19-22,24-31H2,2-3H3,(H,42,43)/t32-,33+,34+,35-,37+,40+,41-/m1/s1. The van der Waals surface area contributed by atoms with Crippen molar-refractivity contribution in [2.24, 2.45) is 10.9 Å². The van der Waals surface area contributed by atoms with Gasteiger partial charge in [0.2, 0.25) is 0 Å². The third-order valence-electron chi connectivity index (χ3n) is 11.6. The first-order valence-electron chi connectivity index (χ1n) is 20.5. The number of allylic oxidation sites excluding steroid dienone is 1. The third-order valence-corrected chi connectivity index (χ3v) is 11.6. The van der Waals surface area contributed by atoms with Gasteiger partial charge in [0.1, 0.15) is 18.2 Å². The molecule has 0 aromatic rings. The van der Waals surface area contributed by atoms with E-state index in [1.165, 1.54) is 57.8 Å². The molecule has 0 saturated carbocycles. The van der Waals surface area contributed by atoms with Gasteiger partial charge in [-0.05, 0) is 71.1 Å². The number of guanidine groups is 1. The second-order valence-electron chi connectivity index (χ2n) is 15.6. The van der Waals surface area contributed by atoms with Crippen LogP contribution in [0.3, 0.4) is 0 Å². The van der Waals surface area contributed by atoms with Crippen LogP contribution in [0.15, 0.2) is 29.8 Å². The van der Waals surface area contributed by atoms with E-state index in [4.69, 9.17) is 23.9 Å². The first-order chi connectivity index (χ1) is 24.4. The Bertz CT molecular complexity index is 1160. The van der Waals surface area contributed by atoms with Gasteiger partial charge in [-0.1, -0.05) is 102 Å². The molecule has 5 rings (SSSR count). The lowest BCUT2D eigenvalue weighted by molar-refractivity contribution is -0.194. The zero-order valence-corrected chi connectivity index (χ0v) is 31.3. The predicted octanol–water partition coefficient (Wildman–Crippen LogP) is 8.66. The van der Waals surface area contributed by atoms with Crippen molar-refractivity contribution < 1.29 is 28.5 Å². The number of hydrogen-bond acceptors (Lipinski definition) is 9. The minimum atomic E-state index is -0.875. The highest BCUT2D eigenvalue weighted by molar-refractivity contribution is 5.87. The molecule has 9 nitrogen and oxygen atoms in total. The van der Waals surface area contributed by atoms with Gasteiger partial charge in [-0.15, -0.1) is 0 Å². The molecule has 7 atom stereocenters. The highest BCUT2D eigenvalue weighted by Gasteiger charge is 2.62. The number of nitrogens with zero attached hydrogens (tertiary/aromatic N) is 2. The molecule has 9 heteroatoms. The summed E-state index contributed by atoms with van der Waals surface area (Å²) in [6, 6.07) is 0.347. The van der Waals surface area contributed by atoms with Crippen LogP contribution >= 0.6 is 0 Å².